The van der Waals surface area contributed by atoms with Crippen molar-refractivity contribution in [1.29, 1.82) is 0 Å². The Hall–Kier alpha value is -3.78. The number of nitrogens with one attached hydrogen (secondary N) is 2. The number of hydrogen-bond donors (Lipinski definition) is 2. The second kappa shape index (κ2) is 12.3. The minimum absolute atomic E-state index is 0.101. The Kier molecular flexibility index (Phi) is 8.62. The number of nitrogens with zero attached hydrogens (tertiary/aromatic N) is 1. The van der Waals surface area contributed by atoms with Crippen LogP contribution in [0.25, 0.3) is 0 Å². The molecule has 0 bridgehead atoms. The van der Waals surface area contributed by atoms with Crippen LogP contribution in [0.1, 0.15) is 29.5 Å². The Labute approximate surface area is 214 Å². The van der Waals surface area contributed by atoms with Crippen molar-refractivity contribution in [2.45, 2.75) is 44.3 Å². The molecule has 0 radical (unpaired) electrons. The van der Waals surface area contributed by atoms with Crippen molar-refractivity contribution in [3.63, 3.8) is 0 Å². The van der Waals surface area contributed by atoms with Gasteiger partial charge in [-0.15, -0.1) is 0 Å². The molecule has 2 heterocycles. The molecule has 2 N–H and O–H groups in total. The van der Waals surface area contributed by atoms with E-state index >= 15 is 0 Å². The van der Waals surface area contributed by atoms with E-state index in [1.54, 1.807) is 16.2 Å². The van der Waals surface area contributed by atoms with Crippen molar-refractivity contribution in [2.75, 3.05) is 6.54 Å². The molecule has 1 aromatic heterocycles. The fourth-order valence-electron chi connectivity index (χ4n) is 4.31. The monoisotopic (exact) mass is 503 g/mol. The molecule has 7 nitrogen and oxygen atoms in total. The summed E-state index contributed by atoms with van der Waals surface area (Å²) in [6, 6.07) is 19.0. The number of carbonyl (C=O) groups excluding carboxylic acids is 4. The predicted octanol–water partition coefficient (Wildman–Crippen LogP) is 2.89. The molecule has 1 aliphatic rings. The molecule has 0 aliphatic carbocycles. The third-order valence-electron chi connectivity index (χ3n) is 6.25. The first-order chi connectivity index (χ1) is 17.5. The average Bonchev–Trinajstić information content (AvgIpc) is 3.54. The Morgan fingerprint density at radius 2 is 1.64 bits per heavy atom. The van der Waals surface area contributed by atoms with E-state index in [-0.39, 0.29) is 18.7 Å². The van der Waals surface area contributed by atoms with Crippen molar-refractivity contribution in [3.8, 4) is 0 Å². The molecule has 36 heavy (non-hydrogen) atoms. The van der Waals surface area contributed by atoms with Crippen molar-refractivity contribution >= 4 is 34.8 Å². The average molecular weight is 504 g/mol. The van der Waals surface area contributed by atoms with Gasteiger partial charge >= 0.3 is 0 Å². The number of Topliss-reactive ketones (excluding diaryl/α,β-unsaturated/α-hetero) is 1. The standard InChI is InChI=1S/C28H29N3O4S/c32-25-12-11-24(31(25)18-21-9-5-2-6-10-21)27(34)30-23(17-20-7-3-1-4-8-20)26(33)28(35)29-15-13-22-14-16-36-19-22/h1-10,14,16,19,23-24H,11-13,15,17-18H2,(H,29,35)(H,30,34)/t23?,24-/m0/s1. The van der Waals surface area contributed by atoms with Crippen LogP contribution in [-0.4, -0.2) is 47.0 Å². The quantitative estimate of drug-likeness (QED) is 0.394. The summed E-state index contributed by atoms with van der Waals surface area (Å²) in [6.07, 6.45) is 1.45. The smallest absolute Gasteiger partial charge is 0.289 e. The fraction of sp³-hybridized carbons (Fsp3) is 0.286. The number of ketones is 1. The van der Waals surface area contributed by atoms with Crippen LogP contribution in [0.2, 0.25) is 0 Å². The highest BCUT2D eigenvalue weighted by atomic mass is 32.1. The zero-order valence-corrected chi connectivity index (χ0v) is 20.7. The maximum Gasteiger partial charge on any atom is 0.289 e. The van der Waals surface area contributed by atoms with E-state index < -0.39 is 29.7 Å². The lowest BCUT2D eigenvalue weighted by atomic mass is 10.0. The van der Waals surface area contributed by atoms with E-state index in [0.29, 0.717) is 25.9 Å². The van der Waals surface area contributed by atoms with Gasteiger partial charge in [0.15, 0.2) is 0 Å². The van der Waals surface area contributed by atoms with E-state index in [2.05, 4.69) is 10.6 Å². The maximum absolute atomic E-state index is 13.3. The third kappa shape index (κ3) is 6.66. The number of amides is 3. The lowest BCUT2D eigenvalue weighted by Gasteiger charge is -2.26. The van der Waals surface area contributed by atoms with Crippen LogP contribution in [0.4, 0.5) is 0 Å². The predicted molar refractivity (Wildman–Crippen MR) is 138 cm³/mol. The minimum atomic E-state index is -1.03. The summed E-state index contributed by atoms with van der Waals surface area (Å²) in [6.45, 7) is 0.646. The molecule has 0 saturated carbocycles. The molecule has 2 atom stereocenters. The summed E-state index contributed by atoms with van der Waals surface area (Å²) in [5.74, 6) is -1.94. The van der Waals surface area contributed by atoms with Crippen molar-refractivity contribution in [1.82, 2.24) is 15.5 Å². The van der Waals surface area contributed by atoms with Crippen LogP contribution in [0, 0.1) is 0 Å². The van der Waals surface area contributed by atoms with Gasteiger partial charge < -0.3 is 15.5 Å². The first-order valence-electron chi connectivity index (χ1n) is 12.0. The number of likely N-dealkylation sites (tertiary alicyclic amines) is 1. The number of rotatable bonds is 11. The van der Waals surface area contributed by atoms with Crippen molar-refractivity contribution in [2.24, 2.45) is 0 Å². The molecule has 4 rings (SSSR count). The lowest BCUT2D eigenvalue weighted by molar-refractivity contribution is -0.141. The van der Waals surface area contributed by atoms with Gasteiger partial charge in [-0.2, -0.15) is 11.3 Å². The van der Waals surface area contributed by atoms with Gasteiger partial charge in [-0.1, -0.05) is 60.7 Å². The molecule has 3 aromatic rings. The second-order valence-corrected chi connectivity index (χ2v) is 9.59. The normalized spacial score (nSPS) is 15.9. The maximum atomic E-state index is 13.3. The van der Waals surface area contributed by atoms with Crippen LogP contribution in [0.15, 0.2) is 77.5 Å². The zero-order chi connectivity index (χ0) is 25.3. The highest BCUT2D eigenvalue weighted by Gasteiger charge is 2.38. The number of carbonyl (C=O) groups is 4. The first-order valence-corrected chi connectivity index (χ1v) is 13.0. The highest BCUT2D eigenvalue weighted by Crippen LogP contribution is 2.22. The SMILES string of the molecule is O=C(NCCc1ccsc1)C(=O)C(Cc1ccccc1)NC(=O)[C@@H]1CCC(=O)N1Cc1ccccc1. The van der Waals surface area contributed by atoms with Crippen molar-refractivity contribution in [3.05, 3.63) is 94.2 Å². The van der Waals surface area contributed by atoms with Crippen LogP contribution < -0.4 is 10.6 Å². The van der Waals surface area contributed by atoms with Crippen LogP contribution in [0.5, 0.6) is 0 Å². The summed E-state index contributed by atoms with van der Waals surface area (Å²) in [4.78, 5) is 53.2. The van der Waals surface area contributed by atoms with Gasteiger partial charge in [-0.05, 0) is 46.4 Å². The molecule has 0 spiro atoms. The van der Waals surface area contributed by atoms with Crippen LogP contribution >= 0.6 is 11.3 Å². The van der Waals surface area contributed by atoms with E-state index in [1.165, 1.54) is 0 Å². The number of benzene rings is 2. The Bertz CT molecular complexity index is 1180. The topological polar surface area (TPSA) is 95.6 Å². The summed E-state index contributed by atoms with van der Waals surface area (Å²) < 4.78 is 0. The van der Waals surface area contributed by atoms with Gasteiger partial charge in [0.1, 0.15) is 12.1 Å². The van der Waals surface area contributed by atoms with Crippen molar-refractivity contribution < 1.29 is 19.2 Å². The Balaban J connectivity index is 1.44. The van der Waals surface area contributed by atoms with Crippen LogP contribution in [-0.2, 0) is 38.6 Å². The first kappa shape index (κ1) is 25.3. The van der Waals surface area contributed by atoms with Gasteiger partial charge in [-0.25, -0.2) is 0 Å². The number of hydrogen-bond acceptors (Lipinski definition) is 5. The molecule has 3 amide bonds. The Morgan fingerprint density at radius 3 is 2.31 bits per heavy atom. The Morgan fingerprint density at radius 1 is 0.944 bits per heavy atom. The molecule has 2 aromatic carbocycles. The minimum Gasteiger partial charge on any atom is -0.349 e. The van der Waals surface area contributed by atoms with Gasteiger partial charge in [0.2, 0.25) is 17.6 Å². The van der Waals surface area contributed by atoms with E-state index in [1.807, 2.05) is 77.5 Å². The van der Waals surface area contributed by atoms with Crippen LogP contribution in [0.3, 0.4) is 0 Å². The molecule has 8 heteroatoms. The largest absolute Gasteiger partial charge is 0.349 e. The third-order valence-corrected chi connectivity index (χ3v) is 6.98. The van der Waals surface area contributed by atoms with E-state index in [4.69, 9.17) is 0 Å². The molecular weight excluding hydrogens is 474 g/mol. The van der Waals surface area contributed by atoms with Gasteiger partial charge in [0.25, 0.3) is 5.91 Å². The highest BCUT2D eigenvalue weighted by molar-refractivity contribution is 7.07. The molecule has 186 valence electrons. The number of thiophene rings is 1. The molecule has 1 unspecified atom stereocenters. The zero-order valence-electron chi connectivity index (χ0n) is 19.9. The van der Waals surface area contributed by atoms with Gasteiger partial charge in [0.05, 0.1) is 0 Å². The fourth-order valence-corrected chi connectivity index (χ4v) is 5.02. The van der Waals surface area contributed by atoms with E-state index in [9.17, 15) is 19.2 Å². The van der Waals surface area contributed by atoms with E-state index in [0.717, 1.165) is 16.7 Å². The summed E-state index contributed by atoms with van der Waals surface area (Å²) in [7, 11) is 0. The summed E-state index contributed by atoms with van der Waals surface area (Å²) in [5.41, 5.74) is 2.84. The molecular formula is C28H29N3O4S. The second-order valence-electron chi connectivity index (χ2n) is 8.81. The molecule has 1 fully saturated rings. The molecule has 1 saturated heterocycles. The summed E-state index contributed by atoms with van der Waals surface area (Å²) >= 11 is 1.58. The summed E-state index contributed by atoms with van der Waals surface area (Å²) in [5, 5.41) is 9.42. The lowest BCUT2D eigenvalue weighted by Crippen LogP contribution is -2.53. The van der Waals surface area contributed by atoms with Gasteiger partial charge in [0, 0.05) is 25.9 Å². The van der Waals surface area contributed by atoms with Gasteiger partial charge in [-0.3, -0.25) is 19.2 Å². The molecule has 1 aliphatic heterocycles.